The molecule has 0 saturated heterocycles. The monoisotopic (exact) mass is 365 g/mol. The first-order valence-electron chi connectivity index (χ1n) is 8.66. The number of rotatable bonds is 4. The highest BCUT2D eigenvalue weighted by molar-refractivity contribution is 6.30. The van der Waals surface area contributed by atoms with Gasteiger partial charge in [0, 0.05) is 23.8 Å². The van der Waals surface area contributed by atoms with Crippen LogP contribution in [0.4, 0.5) is 23.0 Å². The summed E-state index contributed by atoms with van der Waals surface area (Å²) in [5.74, 6) is 1.40. The number of nitrogens with two attached hydrogens (primary N) is 1. The minimum absolute atomic E-state index is 0.568. The van der Waals surface area contributed by atoms with E-state index in [4.69, 9.17) is 17.3 Å². The molecule has 0 atom stereocenters. The Balaban J connectivity index is 1.59. The molecule has 2 heterocycles. The highest BCUT2D eigenvalue weighted by atomic mass is 35.5. The summed E-state index contributed by atoms with van der Waals surface area (Å²) in [6.07, 6.45) is 3.72. The van der Waals surface area contributed by atoms with Crippen LogP contribution in [0.1, 0.15) is 17.5 Å². The summed E-state index contributed by atoms with van der Waals surface area (Å²) in [5.41, 5.74) is 10.6. The molecule has 1 aliphatic rings. The average molecular weight is 366 g/mol. The summed E-state index contributed by atoms with van der Waals surface area (Å²) in [6.45, 7) is 1.52. The van der Waals surface area contributed by atoms with Crippen LogP contribution in [-0.2, 0) is 13.0 Å². The van der Waals surface area contributed by atoms with Gasteiger partial charge in [0.15, 0.2) is 11.6 Å². The second kappa shape index (κ2) is 7.22. The lowest BCUT2D eigenvalue weighted by Gasteiger charge is -2.31. The van der Waals surface area contributed by atoms with Crippen molar-refractivity contribution in [2.75, 3.05) is 22.5 Å². The molecule has 1 aliphatic heterocycles. The smallest absolute Gasteiger partial charge is 0.161 e. The van der Waals surface area contributed by atoms with Crippen LogP contribution >= 0.6 is 11.6 Å². The lowest BCUT2D eigenvalue weighted by molar-refractivity contribution is 0.759. The van der Waals surface area contributed by atoms with E-state index < -0.39 is 0 Å². The lowest BCUT2D eigenvalue weighted by Crippen LogP contribution is -2.26. The number of halogens is 1. The third-order valence-electron chi connectivity index (χ3n) is 4.60. The lowest BCUT2D eigenvalue weighted by atomic mass is 10.0. The highest BCUT2D eigenvalue weighted by Gasteiger charge is 2.22. The number of hydrogen-bond acceptors (Lipinski definition) is 5. The molecule has 1 aromatic heterocycles. The molecule has 2 aromatic carbocycles. The van der Waals surface area contributed by atoms with Crippen molar-refractivity contribution in [1.29, 1.82) is 0 Å². The number of aromatic nitrogens is 2. The molecule has 0 radical (unpaired) electrons. The normalized spacial score (nSPS) is 13.3. The molecule has 3 aromatic rings. The fraction of sp³-hybridized carbons (Fsp3) is 0.200. The molecule has 4 rings (SSSR count). The second-order valence-corrected chi connectivity index (χ2v) is 6.76. The van der Waals surface area contributed by atoms with Crippen LogP contribution in [0.2, 0.25) is 5.02 Å². The Hall–Kier alpha value is -2.79. The van der Waals surface area contributed by atoms with Gasteiger partial charge in [-0.25, -0.2) is 9.97 Å². The Morgan fingerprint density at radius 3 is 2.73 bits per heavy atom. The first kappa shape index (κ1) is 16.7. The van der Waals surface area contributed by atoms with Crippen molar-refractivity contribution in [3.8, 4) is 0 Å². The van der Waals surface area contributed by atoms with Crippen LogP contribution in [0.25, 0.3) is 0 Å². The van der Waals surface area contributed by atoms with Gasteiger partial charge in [-0.3, -0.25) is 0 Å². The van der Waals surface area contributed by atoms with Crippen molar-refractivity contribution in [2.24, 2.45) is 0 Å². The van der Waals surface area contributed by atoms with E-state index >= 15 is 0 Å². The third-order valence-corrected chi connectivity index (χ3v) is 4.85. The van der Waals surface area contributed by atoms with Crippen molar-refractivity contribution in [2.45, 2.75) is 19.4 Å². The van der Waals surface area contributed by atoms with Gasteiger partial charge in [-0.2, -0.15) is 0 Å². The molecule has 132 valence electrons. The standard InChI is InChI=1S/C20H20ClN5/c21-16-9-7-14(8-10-16)12-23-19-18(22)20(25-13-24-19)26-11-3-5-15-4-1-2-6-17(15)26/h1-2,4,6-10,13H,3,5,11-12,22H2,(H,23,24,25). The number of hydrogen-bond donors (Lipinski definition) is 2. The number of nitrogens with zero attached hydrogens (tertiary/aromatic N) is 3. The van der Waals surface area contributed by atoms with Crippen LogP contribution in [0.5, 0.6) is 0 Å². The molecule has 6 heteroatoms. The van der Waals surface area contributed by atoms with E-state index in [9.17, 15) is 0 Å². The predicted octanol–water partition coefficient (Wildman–Crippen LogP) is 4.41. The van der Waals surface area contributed by atoms with Crippen LogP contribution in [-0.4, -0.2) is 16.5 Å². The van der Waals surface area contributed by atoms with Gasteiger partial charge >= 0.3 is 0 Å². The molecule has 0 aliphatic carbocycles. The Morgan fingerprint density at radius 1 is 1.08 bits per heavy atom. The van der Waals surface area contributed by atoms with Gasteiger partial charge in [0.2, 0.25) is 0 Å². The maximum Gasteiger partial charge on any atom is 0.161 e. The van der Waals surface area contributed by atoms with Gasteiger partial charge in [-0.15, -0.1) is 0 Å². The summed E-state index contributed by atoms with van der Waals surface area (Å²) in [5, 5.41) is 4.03. The number of fused-ring (bicyclic) bond motifs is 1. The maximum atomic E-state index is 6.41. The third kappa shape index (κ3) is 3.30. The second-order valence-electron chi connectivity index (χ2n) is 6.32. The van der Waals surface area contributed by atoms with Gasteiger partial charge in [0.1, 0.15) is 12.0 Å². The van der Waals surface area contributed by atoms with Gasteiger partial charge in [-0.05, 0) is 42.2 Å². The Kier molecular flexibility index (Phi) is 4.63. The molecule has 3 N–H and O–H groups in total. The van der Waals surface area contributed by atoms with Crippen LogP contribution in [0.15, 0.2) is 54.9 Å². The van der Waals surface area contributed by atoms with E-state index in [2.05, 4.69) is 38.4 Å². The molecule has 0 fully saturated rings. The maximum absolute atomic E-state index is 6.41. The number of benzene rings is 2. The molecule has 0 spiro atoms. The van der Waals surface area contributed by atoms with Crippen molar-refractivity contribution in [3.63, 3.8) is 0 Å². The first-order chi connectivity index (χ1) is 12.7. The molecular weight excluding hydrogens is 346 g/mol. The first-order valence-corrected chi connectivity index (χ1v) is 9.04. The van der Waals surface area contributed by atoms with Gasteiger partial charge in [0.05, 0.1) is 0 Å². The largest absolute Gasteiger partial charge is 0.393 e. The van der Waals surface area contributed by atoms with Crippen molar-refractivity contribution in [3.05, 3.63) is 71.0 Å². The Labute approximate surface area is 157 Å². The fourth-order valence-electron chi connectivity index (χ4n) is 3.28. The zero-order valence-electron chi connectivity index (χ0n) is 14.3. The fourth-order valence-corrected chi connectivity index (χ4v) is 3.41. The molecule has 0 saturated carbocycles. The summed E-state index contributed by atoms with van der Waals surface area (Å²) in [4.78, 5) is 11.0. The summed E-state index contributed by atoms with van der Waals surface area (Å²) < 4.78 is 0. The quantitative estimate of drug-likeness (QED) is 0.716. The molecule has 0 unspecified atom stereocenters. The molecule has 26 heavy (non-hydrogen) atoms. The summed E-state index contributed by atoms with van der Waals surface area (Å²) in [7, 11) is 0. The molecule has 0 amide bonds. The van der Waals surface area contributed by atoms with Gasteiger partial charge < -0.3 is 16.0 Å². The van der Waals surface area contributed by atoms with E-state index in [0.717, 1.165) is 35.8 Å². The van der Waals surface area contributed by atoms with Crippen molar-refractivity contribution < 1.29 is 0 Å². The Bertz CT molecular complexity index is 910. The van der Waals surface area contributed by atoms with Crippen molar-refractivity contribution >= 4 is 34.6 Å². The number of aryl methyl sites for hydroxylation is 1. The zero-order chi connectivity index (χ0) is 17.9. The van der Waals surface area contributed by atoms with E-state index in [1.807, 2.05) is 30.3 Å². The SMILES string of the molecule is Nc1c(NCc2ccc(Cl)cc2)ncnc1N1CCCc2ccccc21. The summed E-state index contributed by atoms with van der Waals surface area (Å²) >= 11 is 5.94. The minimum atomic E-state index is 0.568. The predicted molar refractivity (Wildman–Crippen MR) is 107 cm³/mol. The number of anilines is 4. The number of nitrogen functional groups attached to an aromatic ring is 1. The van der Waals surface area contributed by atoms with E-state index in [-0.39, 0.29) is 0 Å². The van der Waals surface area contributed by atoms with E-state index in [1.165, 1.54) is 11.3 Å². The summed E-state index contributed by atoms with van der Waals surface area (Å²) in [6, 6.07) is 16.1. The molecule has 0 bridgehead atoms. The van der Waals surface area contributed by atoms with Gasteiger partial charge in [-0.1, -0.05) is 41.9 Å². The Morgan fingerprint density at radius 2 is 1.88 bits per heavy atom. The van der Waals surface area contributed by atoms with E-state index in [1.54, 1.807) is 6.33 Å². The van der Waals surface area contributed by atoms with Crippen molar-refractivity contribution in [1.82, 2.24) is 9.97 Å². The van der Waals surface area contributed by atoms with Gasteiger partial charge in [0.25, 0.3) is 0 Å². The number of para-hydroxylation sites is 1. The molecular formula is C20H20ClN5. The van der Waals surface area contributed by atoms with Crippen LogP contribution < -0.4 is 16.0 Å². The van der Waals surface area contributed by atoms with Crippen LogP contribution in [0.3, 0.4) is 0 Å². The zero-order valence-corrected chi connectivity index (χ0v) is 15.1. The topological polar surface area (TPSA) is 67.1 Å². The minimum Gasteiger partial charge on any atom is -0.393 e. The van der Waals surface area contributed by atoms with Crippen LogP contribution in [0, 0.1) is 0 Å². The van der Waals surface area contributed by atoms with E-state index in [0.29, 0.717) is 18.1 Å². The average Bonchev–Trinajstić information content (AvgIpc) is 2.68. The highest BCUT2D eigenvalue weighted by Crippen LogP contribution is 2.36. The molecule has 5 nitrogen and oxygen atoms in total. The number of nitrogens with one attached hydrogen (secondary N) is 1.